The van der Waals surface area contributed by atoms with Crippen LogP contribution in [0.1, 0.15) is 27.2 Å². The zero-order valence-electron chi connectivity index (χ0n) is 13.7. The number of rotatable bonds is 4. The molecule has 2 aromatic carbocycles. The van der Waals surface area contributed by atoms with Gasteiger partial charge in [-0.1, -0.05) is 48.5 Å². The molecular weight excluding hydrogens is 362 g/mol. The second-order valence-electron chi connectivity index (χ2n) is 5.87. The summed E-state index contributed by atoms with van der Waals surface area (Å²) < 4.78 is 0.918. The number of carbonyl (C=O) groups is 1. The Morgan fingerprint density at radius 2 is 1.79 bits per heavy atom. The topological polar surface area (TPSA) is 30.0 Å². The van der Waals surface area contributed by atoms with Crippen LogP contribution in [0.4, 0.5) is 0 Å². The standard InChI is InChI=1S/C21H18BrNO/c1-14-11-20(23-13-19(14)22)21(24)12-17-9-6-10-18(15(17)2)16-7-4-3-5-8-16/h3-11,13H,12H2,1-2H3. The molecule has 24 heavy (non-hydrogen) atoms. The van der Waals surface area contributed by atoms with Gasteiger partial charge in [-0.2, -0.15) is 0 Å². The first-order chi connectivity index (χ1) is 11.6. The normalized spacial score (nSPS) is 10.6. The molecule has 0 aliphatic rings. The zero-order chi connectivity index (χ0) is 17.1. The minimum Gasteiger partial charge on any atom is -0.292 e. The minimum absolute atomic E-state index is 0.0407. The van der Waals surface area contributed by atoms with Crippen LogP contribution in [0.5, 0.6) is 0 Å². The Kier molecular flexibility index (Phi) is 4.91. The quantitative estimate of drug-likeness (QED) is 0.555. The van der Waals surface area contributed by atoms with Crippen molar-refractivity contribution >= 4 is 21.7 Å². The van der Waals surface area contributed by atoms with Crippen LogP contribution in [0, 0.1) is 13.8 Å². The Balaban J connectivity index is 1.90. The summed E-state index contributed by atoms with van der Waals surface area (Å²) in [5, 5.41) is 0. The fourth-order valence-corrected chi connectivity index (χ4v) is 2.98. The smallest absolute Gasteiger partial charge is 0.185 e. The number of Topliss-reactive ketones (excluding diaryl/α,β-unsaturated/α-hetero) is 1. The summed E-state index contributed by atoms with van der Waals surface area (Å²) in [7, 11) is 0. The van der Waals surface area contributed by atoms with E-state index in [2.05, 4.69) is 46.0 Å². The number of nitrogens with zero attached hydrogens (tertiary/aromatic N) is 1. The van der Waals surface area contributed by atoms with Crippen LogP contribution in [0.3, 0.4) is 0 Å². The van der Waals surface area contributed by atoms with E-state index in [0.29, 0.717) is 12.1 Å². The lowest BCUT2D eigenvalue weighted by atomic mass is 9.93. The SMILES string of the molecule is Cc1cc(C(=O)Cc2cccc(-c3ccccc3)c2C)ncc1Br. The van der Waals surface area contributed by atoms with Crippen LogP contribution in [-0.2, 0) is 6.42 Å². The molecule has 0 saturated heterocycles. The van der Waals surface area contributed by atoms with Crippen molar-refractivity contribution in [2.75, 3.05) is 0 Å². The van der Waals surface area contributed by atoms with Crippen molar-refractivity contribution in [3.8, 4) is 11.1 Å². The number of carbonyl (C=O) groups excluding carboxylic acids is 1. The van der Waals surface area contributed by atoms with Gasteiger partial charge in [-0.25, -0.2) is 0 Å². The van der Waals surface area contributed by atoms with E-state index in [1.807, 2.05) is 43.3 Å². The van der Waals surface area contributed by atoms with Crippen LogP contribution >= 0.6 is 15.9 Å². The maximum absolute atomic E-state index is 12.6. The largest absolute Gasteiger partial charge is 0.292 e. The Morgan fingerprint density at radius 1 is 1.04 bits per heavy atom. The number of pyridine rings is 1. The van der Waals surface area contributed by atoms with Crippen LogP contribution in [0.2, 0.25) is 0 Å². The van der Waals surface area contributed by atoms with E-state index in [-0.39, 0.29) is 5.78 Å². The summed E-state index contributed by atoms with van der Waals surface area (Å²) in [5.74, 6) is 0.0407. The summed E-state index contributed by atoms with van der Waals surface area (Å²) in [6.45, 7) is 4.04. The van der Waals surface area contributed by atoms with E-state index in [1.165, 1.54) is 11.1 Å². The van der Waals surface area contributed by atoms with Crippen molar-refractivity contribution in [3.05, 3.63) is 87.7 Å². The molecule has 0 aliphatic heterocycles. The van der Waals surface area contributed by atoms with Gasteiger partial charge in [-0.3, -0.25) is 9.78 Å². The second kappa shape index (κ2) is 7.10. The fourth-order valence-electron chi connectivity index (χ4n) is 2.76. The molecule has 3 rings (SSSR count). The highest BCUT2D eigenvalue weighted by Gasteiger charge is 2.13. The molecule has 0 amide bonds. The molecule has 1 heterocycles. The first-order valence-corrected chi connectivity index (χ1v) is 8.65. The molecule has 120 valence electrons. The molecule has 0 N–H and O–H groups in total. The number of aryl methyl sites for hydroxylation is 1. The summed E-state index contributed by atoms with van der Waals surface area (Å²) >= 11 is 3.42. The maximum atomic E-state index is 12.6. The monoisotopic (exact) mass is 379 g/mol. The van der Waals surface area contributed by atoms with Gasteiger partial charge in [0.1, 0.15) is 5.69 Å². The van der Waals surface area contributed by atoms with Crippen LogP contribution < -0.4 is 0 Å². The number of ketones is 1. The molecule has 0 bridgehead atoms. The van der Waals surface area contributed by atoms with E-state index in [9.17, 15) is 4.79 Å². The second-order valence-corrected chi connectivity index (χ2v) is 6.73. The Morgan fingerprint density at radius 3 is 2.50 bits per heavy atom. The van der Waals surface area contributed by atoms with Gasteiger partial charge in [0.05, 0.1) is 0 Å². The lowest BCUT2D eigenvalue weighted by Gasteiger charge is -2.11. The first-order valence-electron chi connectivity index (χ1n) is 7.85. The van der Waals surface area contributed by atoms with Gasteiger partial charge in [0.15, 0.2) is 5.78 Å². The van der Waals surface area contributed by atoms with Gasteiger partial charge in [0.2, 0.25) is 0 Å². The third-order valence-electron chi connectivity index (χ3n) is 4.21. The molecule has 1 aromatic heterocycles. The Labute approximate surface area is 150 Å². The predicted molar refractivity (Wildman–Crippen MR) is 101 cm³/mol. The van der Waals surface area contributed by atoms with Gasteiger partial charge in [0, 0.05) is 17.1 Å². The van der Waals surface area contributed by atoms with Crippen molar-refractivity contribution in [1.29, 1.82) is 0 Å². The van der Waals surface area contributed by atoms with Crippen molar-refractivity contribution in [3.63, 3.8) is 0 Å². The lowest BCUT2D eigenvalue weighted by molar-refractivity contribution is 0.0988. The molecule has 0 spiro atoms. The molecule has 0 aliphatic carbocycles. The van der Waals surface area contributed by atoms with E-state index in [4.69, 9.17) is 0 Å². The molecule has 0 saturated carbocycles. The fraction of sp³-hybridized carbons (Fsp3) is 0.143. The predicted octanol–water partition coefficient (Wildman–Crippen LogP) is 5.55. The molecule has 0 fully saturated rings. The highest BCUT2D eigenvalue weighted by molar-refractivity contribution is 9.10. The maximum Gasteiger partial charge on any atom is 0.185 e. The van der Waals surface area contributed by atoms with Gasteiger partial charge in [0.25, 0.3) is 0 Å². The third-order valence-corrected chi connectivity index (χ3v) is 5.04. The summed E-state index contributed by atoms with van der Waals surface area (Å²) in [6.07, 6.45) is 2.05. The molecule has 0 unspecified atom stereocenters. The summed E-state index contributed by atoms with van der Waals surface area (Å²) in [6, 6.07) is 18.2. The molecule has 0 atom stereocenters. The van der Waals surface area contributed by atoms with Crippen LogP contribution in [-0.4, -0.2) is 10.8 Å². The zero-order valence-corrected chi connectivity index (χ0v) is 15.3. The van der Waals surface area contributed by atoms with E-state index >= 15 is 0 Å². The third kappa shape index (κ3) is 3.46. The van der Waals surface area contributed by atoms with Crippen molar-refractivity contribution in [2.45, 2.75) is 20.3 Å². The molecule has 3 aromatic rings. The number of hydrogen-bond acceptors (Lipinski definition) is 2. The highest BCUT2D eigenvalue weighted by atomic mass is 79.9. The van der Waals surface area contributed by atoms with Gasteiger partial charge < -0.3 is 0 Å². The Bertz CT molecular complexity index is 888. The molecule has 0 radical (unpaired) electrons. The minimum atomic E-state index is 0.0407. The van der Waals surface area contributed by atoms with E-state index in [0.717, 1.165) is 21.2 Å². The number of aromatic nitrogens is 1. The van der Waals surface area contributed by atoms with E-state index in [1.54, 1.807) is 6.20 Å². The number of halogens is 1. The highest BCUT2D eigenvalue weighted by Crippen LogP contribution is 2.26. The van der Waals surface area contributed by atoms with Crippen LogP contribution in [0.15, 0.2) is 65.3 Å². The molecule has 2 nitrogen and oxygen atoms in total. The average molecular weight is 380 g/mol. The van der Waals surface area contributed by atoms with E-state index < -0.39 is 0 Å². The Hall–Kier alpha value is -2.26. The lowest BCUT2D eigenvalue weighted by Crippen LogP contribution is -2.08. The van der Waals surface area contributed by atoms with Crippen molar-refractivity contribution in [2.24, 2.45) is 0 Å². The van der Waals surface area contributed by atoms with Crippen molar-refractivity contribution in [1.82, 2.24) is 4.98 Å². The summed E-state index contributed by atoms with van der Waals surface area (Å²) in [4.78, 5) is 16.8. The molecule has 3 heteroatoms. The van der Waals surface area contributed by atoms with Gasteiger partial charge >= 0.3 is 0 Å². The average Bonchev–Trinajstić information content (AvgIpc) is 2.60. The number of hydrogen-bond donors (Lipinski definition) is 0. The number of benzene rings is 2. The van der Waals surface area contributed by atoms with Crippen LogP contribution in [0.25, 0.3) is 11.1 Å². The summed E-state index contributed by atoms with van der Waals surface area (Å²) in [5.41, 5.74) is 6.06. The van der Waals surface area contributed by atoms with Gasteiger partial charge in [-0.15, -0.1) is 0 Å². The molecular formula is C21H18BrNO. The van der Waals surface area contributed by atoms with Gasteiger partial charge in [-0.05, 0) is 63.7 Å². The van der Waals surface area contributed by atoms with Crippen molar-refractivity contribution < 1.29 is 4.79 Å². The first kappa shape index (κ1) is 16.6.